The van der Waals surface area contributed by atoms with Crippen molar-refractivity contribution in [3.05, 3.63) is 7.43 Å². The summed E-state index contributed by atoms with van der Waals surface area (Å²) in [6, 6.07) is 0. The van der Waals surface area contributed by atoms with Crippen LogP contribution < -0.4 is 5.32 Å². The Morgan fingerprint density at radius 2 is 2.15 bits per heavy atom. The van der Waals surface area contributed by atoms with Gasteiger partial charge in [0.2, 0.25) is 0 Å². The van der Waals surface area contributed by atoms with E-state index in [1.807, 2.05) is 0 Å². The van der Waals surface area contributed by atoms with Gasteiger partial charge in [0.05, 0.1) is 0 Å². The van der Waals surface area contributed by atoms with Crippen LogP contribution >= 0.6 is 0 Å². The molecule has 0 bridgehead atoms. The summed E-state index contributed by atoms with van der Waals surface area (Å²) in [6.07, 6.45) is 1.35. The van der Waals surface area contributed by atoms with Crippen LogP contribution in [0.5, 0.6) is 0 Å². The van der Waals surface area contributed by atoms with E-state index in [4.69, 9.17) is 4.74 Å². The molecule has 0 aromatic heterocycles. The van der Waals surface area contributed by atoms with Crippen LogP contribution in [0.1, 0.15) is 0 Å². The van der Waals surface area contributed by atoms with Crippen molar-refractivity contribution in [1.29, 1.82) is 0 Å². The SMILES string of the molecule is O=[C-]N1CC2(COC(=O)N2)C1.[CH3-].[Y]. The van der Waals surface area contributed by atoms with Gasteiger partial charge in [-0.15, -0.1) is 0 Å². The number of rotatable bonds is 1. The summed E-state index contributed by atoms with van der Waals surface area (Å²) in [7, 11) is 0. The number of nitrogens with one attached hydrogen (secondary N) is 1. The van der Waals surface area contributed by atoms with Gasteiger partial charge in [0.25, 0.3) is 0 Å². The number of amides is 2. The fraction of sp³-hybridized carbons (Fsp3) is 0.571. The van der Waals surface area contributed by atoms with E-state index >= 15 is 0 Å². The van der Waals surface area contributed by atoms with Gasteiger partial charge in [-0.25, -0.2) is 4.79 Å². The Morgan fingerprint density at radius 3 is 2.54 bits per heavy atom. The molecule has 0 saturated carbocycles. The Kier molecular flexibility index (Phi) is 4.32. The third kappa shape index (κ3) is 2.20. The summed E-state index contributed by atoms with van der Waals surface area (Å²) >= 11 is 0. The van der Waals surface area contributed by atoms with Crippen molar-refractivity contribution in [2.75, 3.05) is 19.7 Å². The number of carbonyl (C=O) groups excluding carboxylic acids is 2. The van der Waals surface area contributed by atoms with Crippen LogP contribution in [0.2, 0.25) is 0 Å². The number of nitrogens with zero attached hydrogens (tertiary/aromatic N) is 1. The second kappa shape index (κ2) is 4.37. The predicted molar refractivity (Wildman–Crippen MR) is 40.9 cm³/mol. The first kappa shape index (κ1) is 12.8. The Bertz CT molecular complexity index is 216. The first-order valence-electron chi connectivity index (χ1n) is 3.32. The summed E-state index contributed by atoms with van der Waals surface area (Å²) in [4.78, 5) is 22.1. The van der Waals surface area contributed by atoms with E-state index in [0.29, 0.717) is 19.7 Å². The van der Waals surface area contributed by atoms with E-state index in [1.54, 1.807) is 6.41 Å². The van der Waals surface area contributed by atoms with Crippen LogP contribution in [0.4, 0.5) is 4.79 Å². The molecule has 1 spiro atoms. The van der Waals surface area contributed by atoms with Crippen molar-refractivity contribution in [2.45, 2.75) is 5.54 Å². The topological polar surface area (TPSA) is 58.6 Å². The second-order valence-corrected chi connectivity index (χ2v) is 2.93. The summed E-state index contributed by atoms with van der Waals surface area (Å²) in [5, 5.41) is 2.65. The Labute approximate surface area is 102 Å². The number of carbonyl (C=O) groups is 1. The maximum atomic E-state index is 10.6. The smallest absolute Gasteiger partial charge is 0.407 e. The Morgan fingerprint density at radius 1 is 1.54 bits per heavy atom. The van der Waals surface area contributed by atoms with Crippen molar-refractivity contribution in [3.8, 4) is 0 Å². The van der Waals surface area contributed by atoms with Gasteiger partial charge in [-0.3, -0.25) is 0 Å². The van der Waals surface area contributed by atoms with Crippen molar-refractivity contribution in [1.82, 2.24) is 10.2 Å². The van der Waals surface area contributed by atoms with Gasteiger partial charge in [0.15, 0.2) is 0 Å². The molecular formula is C7H10N2O3Y-2. The fourth-order valence-electron chi connectivity index (χ4n) is 1.41. The van der Waals surface area contributed by atoms with E-state index in [9.17, 15) is 9.59 Å². The third-order valence-corrected chi connectivity index (χ3v) is 1.96. The molecule has 0 aromatic carbocycles. The van der Waals surface area contributed by atoms with Gasteiger partial charge in [0.1, 0.15) is 12.1 Å². The molecule has 1 radical (unpaired) electrons. The molecule has 1 N–H and O–H groups in total. The number of ether oxygens (including phenoxy) is 1. The summed E-state index contributed by atoms with van der Waals surface area (Å²) in [6.45, 7) is 1.40. The van der Waals surface area contributed by atoms with Gasteiger partial charge in [-0.05, 0) is 0 Å². The van der Waals surface area contributed by atoms with E-state index in [0.717, 1.165) is 0 Å². The van der Waals surface area contributed by atoms with Crippen LogP contribution in [0.25, 0.3) is 0 Å². The molecule has 0 aromatic rings. The summed E-state index contributed by atoms with van der Waals surface area (Å²) in [5.41, 5.74) is -0.297. The molecule has 0 aliphatic carbocycles. The monoisotopic (exact) mass is 259 g/mol. The zero-order chi connectivity index (χ0) is 7.90. The number of hydrogen-bond donors (Lipinski definition) is 1. The largest absolute Gasteiger partial charge is 0.520 e. The van der Waals surface area contributed by atoms with Gasteiger partial charge in [-0.1, -0.05) is 0 Å². The van der Waals surface area contributed by atoms with Crippen molar-refractivity contribution in [2.24, 2.45) is 0 Å². The number of alkyl carbamates (subject to hydrolysis) is 1. The van der Waals surface area contributed by atoms with Crippen LogP contribution in [0.3, 0.4) is 0 Å². The maximum Gasteiger partial charge on any atom is 0.407 e. The van der Waals surface area contributed by atoms with Crippen molar-refractivity contribution in [3.63, 3.8) is 0 Å². The van der Waals surface area contributed by atoms with Crippen LogP contribution in [0.15, 0.2) is 0 Å². The quantitative estimate of drug-likeness (QED) is 0.633. The minimum Gasteiger partial charge on any atom is -0.520 e. The molecule has 6 heteroatoms. The average Bonchev–Trinajstić information content (AvgIpc) is 2.28. The molecule has 0 unspecified atom stereocenters. The van der Waals surface area contributed by atoms with Crippen molar-refractivity contribution >= 4 is 12.5 Å². The number of hydrogen-bond acceptors (Lipinski definition) is 3. The summed E-state index contributed by atoms with van der Waals surface area (Å²) in [5.74, 6) is 0. The first-order valence-corrected chi connectivity index (χ1v) is 3.32. The molecular weight excluding hydrogens is 249 g/mol. The zero-order valence-corrected chi connectivity index (χ0v) is 10.2. The van der Waals surface area contributed by atoms with Crippen LogP contribution in [-0.4, -0.2) is 42.6 Å². The molecule has 13 heavy (non-hydrogen) atoms. The van der Waals surface area contributed by atoms with Crippen LogP contribution in [-0.2, 0) is 42.2 Å². The van der Waals surface area contributed by atoms with E-state index in [1.165, 1.54) is 4.90 Å². The predicted octanol–water partition coefficient (Wildman–Crippen LogP) is -0.704. The number of likely N-dealkylation sites (tertiary alicyclic amines) is 1. The maximum absolute atomic E-state index is 10.6. The minimum atomic E-state index is -0.393. The number of cyclic esters (lactones) is 1. The summed E-state index contributed by atoms with van der Waals surface area (Å²) < 4.78 is 4.70. The Hall–Kier alpha value is -0.156. The minimum absolute atomic E-state index is 0. The molecule has 2 aliphatic rings. The van der Waals surface area contributed by atoms with E-state index in [2.05, 4.69) is 5.32 Å². The molecule has 2 fully saturated rings. The van der Waals surface area contributed by atoms with Gasteiger partial charge in [-0.2, -0.15) is 6.41 Å². The van der Waals surface area contributed by atoms with Gasteiger partial charge < -0.3 is 27.2 Å². The molecule has 2 amide bonds. The molecule has 5 nitrogen and oxygen atoms in total. The second-order valence-electron chi connectivity index (χ2n) is 2.93. The molecule has 0 atom stereocenters. The van der Waals surface area contributed by atoms with Gasteiger partial charge in [0, 0.05) is 45.8 Å². The fourth-order valence-corrected chi connectivity index (χ4v) is 1.41. The molecule has 2 aliphatic heterocycles. The Balaban J connectivity index is 0.000000720. The van der Waals surface area contributed by atoms with Crippen LogP contribution in [0, 0.1) is 7.43 Å². The van der Waals surface area contributed by atoms with E-state index < -0.39 is 6.09 Å². The molecule has 2 rings (SSSR count). The molecule has 71 valence electrons. The molecule has 2 heterocycles. The average molecular weight is 259 g/mol. The zero-order valence-electron chi connectivity index (χ0n) is 7.37. The first-order chi connectivity index (χ1) is 5.24. The standard InChI is InChI=1S/C6H7N2O3.CH3.Y/c9-4-8-1-6(2-8)3-11-5(10)7-6;;/h1-3H2,(H,7,10);1H3;/q2*-1;. The molecule has 2 saturated heterocycles. The normalized spacial score (nSPS) is 21.8. The third-order valence-electron chi connectivity index (χ3n) is 1.96. The van der Waals surface area contributed by atoms with Gasteiger partial charge >= 0.3 is 6.09 Å². The van der Waals surface area contributed by atoms with E-state index in [-0.39, 0.29) is 45.7 Å². The van der Waals surface area contributed by atoms with Crippen molar-refractivity contribution < 1.29 is 47.0 Å².